The smallest absolute Gasteiger partial charge is 0.143 e. The van der Waals surface area contributed by atoms with Gasteiger partial charge in [0, 0.05) is 43.9 Å². The van der Waals surface area contributed by atoms with Crippen LogP contribution in [0.5, 0.6) is 0 Å². The molecule has 3 aromatic heterocycles. The Morgan fingerprint density at radius 2 is 1.70 bits per heavy atom. The second kappa shape index (κ2) is 5.32. The van der Waals surface area contributed by atoms with Gasteiger partial charge >= 0.3 is 0 Å². The molecule has 0 amide bonds. The van der Waals surface area contributed by atoms with Gasteiger partial charge in [-0.05, 0) is 30.3 Å². The molecule has 0 aliphatic heterocycles. The zero-order valence-corrected chi connectivity index (χ0v) is 15.1. The number of nitrogens with two attached hydrogens (primary N) is 1. The van der Waals surface area contributed by atoms with Crippen molar-refractivity contribution < 1.29 is 4.42 Å². The summed E-state index contributed by atoms with van der Waals surface area (Å²) >= 11 is 1.75. The Kier molecular flexibility index (Phi) is 2.91. The van der Waals surface area contributed by atoms with Crippen molar-refractivity contribution in [1.29, 1.82) is 0 Å². The van der Waals surface area contributed by atoms with Crippen LogP contribution in [-0.4, -0.2) is 4.98 Å². The monoisotopic (exact) mass is 366 g/mol. The summed E-state index contributed by atoms with van der Waals surface area (Å²) in [4.78, 5) is 4.64. The molecule has 0 saturated carbocycles. The van der Waals surface area contributed by atoms with Gasteiger partial charge in [-0.2, -0.15) is 0 Å². The van der Waals surface area contributed by atoms with E-state index in [1.54, 1.807) is 11.3 Å². The van der Waals surface area contributed by atoms with Gasteiger partial charge in [-0.15, -0.1) is 11.3 Å². The van der Waals surface area contributed by atoms with Gasteiger partial charge in [0.2, 0.25) is 0 Å². The topological polar surface area (TPSA) is 52.0 Å². The summed E-state index contributed by atoms with van der Waals surface area (Å²) in [6, 6.07) is 22.6. The first-order valence-corrected chi connectivity index (χ1v) is 9.58. The Hall–Kier alpha value is -3.37. The minimum atomic E-state index is 0.758. The maximum atomic E-state index is 6.24. The Morgan fingerprint density at radius 3 is 2.67 bits per heavy atom. The van der Waals surface area contributed by atoms with Crippen LogP contribution in [0.4, 0.5) is 5.69 Å². The summed E-state index contributed by atoms with van der Waals surface area (Å²) in [7, 11) is 0. The average Bonchev–Trinajstić information content (AvgIpc) is 3.26. The lowest BCUT2D eigenvalue weighted by Crippen LogP contribution is -1.83. The van der Waals surface area contributed by atoms with Crippen LogP contribution in [0.2, 0.25) is 0 Å². The number of hydrogen-bond donors (Lipinski definition) is 1. The second-order valence-electron chi connectivity index (χ2n) is 6.67. The first-order chi connectivity index (χ1) is 13.3. The zero-order valence-electron chi connectivity index (χ0n) is 14.3. The van der Waals surface area contributed by atoms with Crippen LogP contribution < -0.4 is 5.73 Å². The Labute approximate surface area is 158 Å². The molecular weight excluding hydrogens is 352 g/mol. The molecule has 6 rings (SSSR count). The number of para-hydroxylation sites is 2. The van der Waals surface area contributed by atoms with Crippen molar-refractivity contribution in [3.63, 3.8) is 0 Å². The number of thiophene rings is 1. The van der Waals surface area contributed by atoms with E-state index in [0.29, 0.717) is 0 Å². The van der Waals surface area contributed by atoms with E-state index in [2.05, 4.69) is 41.4 Å². The number of aromatic nitrogens is 1. The molecule has 2 N–H and O–H groups in total. The highest BCUT2D eigenvalue weighted by atomic mass is 32.1. The minimum Gasteiger partial charge on any atom is -0.455 e. The van der Waals surface area contributed by atoms with E-state index in [1.165, 1.54) is 4.70 Å². The fraction of sp³-hybridized carbons (Fsp3) is 0. The van der Waals surface area contributed by atoms with Crippen LogP contribution in [0.15, 0.2) is 77.3 Å². The highest BCUT2D eigenvalue weighted by Crippen LogP contribution is 2.42. The lowest BCUT2D eigenvalue weighted by atomic mass is 10.0. The third-order valence-electron chi connectivity index (χ3n) is 5.07. The van der Waals surface area contributed by atoms with E-state index in [0.717, 1.165) is 54.4 Å². The van der Waals surface area contributed by atoms with E-state index in [-0.39, 0.29) is 0 Å². The number of anilines is 1. The van der Waals surface area contributed by atoms with Crippen molar-refractivity contribution in [2.45, 2.75) is 0 Å². The van der Waals surface area contributed by atoms with Gasteiger partial charge in [-0.25, -0.2) is 0 Å². The Bertz CT molecular complexity index is 1490. The number of nitrogens with zero attached hydrogens (tertiary/aromatic N) is 1. The summed E-state index contributed by atoms with van der Waals surface area (Å²) in [5, 5.41) is 3.39. The third kappa shape index (κ3) is 2.04. The molecule has 6 aromatic rings. The number of hydrogen-bond acceptors (Lipinski definition) is 4. The van der Waals surface area contributed by atoms with Crippen LogP contribution in [-0.2, 0) is 0 Å². The van der Waals surface area contributed by atoms with Crippen LogP contribution >= 0.6 is 11.3 Å². The number of nitrogen functional groups attached to an aromatic ring is 1. The largest absolute Gasteiger partial charge is 0.455 e. The van der Waals surface area contributed by atoms with Gasteiger partial charge < -0.3 is 10.2 Å². The van der Waals surface area contributed by atoms with E-state index >= 15 is 0 Å². The second-order valence-corrected chi connectivity index (χ2v) is 7.73. The van der Waals surface area contributed by atoms with Crippen molar-refractivity contribution in [3.8, 4) is 11.1 Å². The minimum absolute atomic E-state index is 0.758. The summed E-state index contributed by atoms with van der Waals surface area (Å²) in [5.74, 6) is 0. The number of rotatable bonds is 1. The van der Waals surface area contributed by atoms with Gasteiger partial charge in [-0.1, -0.05) is 36.4 Å². The maximum Gasteiger partial charge on any atom is 0.143 e. The fourth-order valence-corrected chi connectivity index (χ4v) is 5.02. The first kappa shape index (κ1) is 14.8. The van der Waals surface area contributed by atoms with Crippen molar-refractivity contribution in [2.24, 2.45) is 0 Å². The fourth-order valence-electron chi connectivity index (χ4n) is 3.85. The van der Waals surface area contributed by atoms with Gasteiger partial charge in [0.25, 0.3) is 0 Å². The number of furan rings is 1. The molecular formula is C23H14N2OS. The third-order valence-corrected chi connectivity index (χ3v) is 6.26. The van der Waals surface area contributed by atoms with Crippen molar-refractivity contribution in [3.05, 3.63) is 72.9 Å². The summed E-state index contributed by atoms with van der Waals surface area (Å²) in [6.45, 7) is 0. The highest BCUT2D eigenvalue weighted by Gasteiger charge is 2.16. The highest BCUT2D eigenvalue weighted by molar-refractivity contribution is 7.26. The number of benzene rings is 3. The molecule has 0 aliphatic rings. The average molecular weight is 366 g/mol. The summed E-state index contributed by atoms with van der Waals surface area (Å²) in [6.07, 6.45) is 1.87. The molecule has 128 valence electrons. The molecule has 0 saturated heterocycles. The molecule has 0 bridgehead atoms. The molecule has 3 nitrogen and oxygen atoms in total. The van der Waals surface area contributed by atoms with Gasteiger partial charge in [0.05, 0.1) is 10.2 Å². The van der Waals surface area contributed by atoms with Gasteiger partial charge in [0.1, 0.15) is 11.2 Å². The molecule has 27 heavy (non-hydrogen) atoms. The molecule has 0 atom stereocenters. The van der Waals surface area contributed by atoms with E-state index in [9.17, 15) is 0 Å². The van der Waals surface area contributed by atoms with Crippen molar-refractivity contribution >= 4 is 59.3 Å². The predicted octanol–water partition coefficient (Wildman–Crippen LogP) is 6.60. The predicted molar refractivity (Wildman–Crippen MR) is 114 cm³/mol. The summed E-state index contributed by atoms with van der Waals surface area (Å²) in [5.41, 5.74) is 11.8. The molecule has 0 spiro atoms. The van der Waals surface area contributed by atoms with Crippen LogP contribution in [0.25, 0.3) is 53.4 Å². The SMILES string of the molecule is Nc1ccc2sc3c(-c4cccc5c4oc4ccccc45)ccnc3c2c1. The first-order valence-electron chi connectivity index (χ1n) is 8.77. The van der Waals surface area contributed by atoms with Crippen molar-refractivity contribution in [1.82, 2.24) is 4.98 Å². The van der Waals surface area contributed by atoms with Crippen LogP contribution in [0.1, 0.15) is 0 Å². The molecule has 3 heterocycles. The molecule has 4 heteroatoms. The molecule has 0 fully saturated rings. The molecule has 0 unspecified atom stereocenters. The molecule has 3 aromatic carbocycles. The number of fused-ring (bicyclic) bond motifs is 6. The Balaban J connectivity index is 1.74. The van der Waals surface area contributed by atoms with Gasteiger partial charge in [0.15, 0.2) is 0 Å². The van der Waals surface area contributed by atoms with E-state index < -0.39 is 0 Å². The lowest BCUT2D eigenvalue weighted by Gasteiger charge is -2.04. The lowest BCUT2D eigenvalue weighted by molar-refractivity contribution is 0.670. The summed E-state index contributed by atoms with van der Waals surface area (Å²) < 4.78 is 8.59. The normalized spacial score (nSPS) is 11.9. The zero-order chi connectivity index (χ0) is 18.0. The van der Waals surface area contributed by atoms with Crippen LogP contribution in [0.3, 0.4) is 0 Å². The Morgan fingerprint density at radius 1 is 0.815 bits per heavy atom. The van der Waals surface area contributed by atoms with E-state index in [4.69, 9.17) is 10.2 Å². The standard InChI is InChI=1S/C23H14N2OS/c24-13-8-9-20-18(12-13)21-23(27-20)17(10-11-25-21)16-6-3-5-15-14-4-1-2-7-19(14)26-22(15)16/h1-12H,24H2. The quantitative estimate of drug-likeness (QED) is 0.334. The van der Waals surface area contributed by atoms with Gasteiger partial charge in [-0.3, -0.25) is 4.98 Å². The van der Waals surface area contributed by atoms with Crippen LogP contribution in [0, 0.1) is 0 Å². The molecule has 0 radical (unpaired) electrons. The van der Waals surface area contributed by atoms with E-state index in [1.807, 2.05) is 36.5 Å². The number of pyridine rings is 1. The van der Waals surface area contributed by atoms with Crippen molar-refractivity contribution in [2.75, 3.05) is 5.73 Å². The maximum absolute atomic E-state index is 6.24. The molecule has 0 aliphatic carbocycles.